The highest BCUT2D eigenvalue weighted by Gasteiger charge is 2.34. The fourth-order valence-corrected chi connectivity index (χ4v) is 4.43. The minimum absolute atomic E-state index is 0.149. The number of aromatic nitrogens is 1. The molecule has 0 fully saturated rings. The lowest BCUT2D eigenvalue weighted by Gasteiger charge is -2.24. The highest BCUT2D eigenvalue weighted by Crippen LogP contribution is 2.31. The molecule has 3 aromatic rings. The minimum Gasteiger partial charge on any atom is -0.466 e. The lowest BCUT2D eigenvalue weighted by molar-refractivity contribution is -0.136. The molecule has 5 nitrogen and oxygen atoms in total. The summed E-state index contributed by atoms with van der Waals surface area (Å²) in [5.41, 5.74) is 1.30. The molecule has 0 N–H and O–H groups in total. The Kier molecular flexibility index (Phi) is 4.98. The molecular weight excluding hydrogens is 391 g/mol. The summed E-state index contributed by atoms with van der Waals surface area (Å²) in [7, 11) is 1.25. The van der Waals surface area contributed by atoms with Crippen molar-refractivity contribution in [1.29, 1.82) is 0 Å². The quantitative estimate of drug-likeness (QED) is 0.626. The Labute approximate surface area is 169 Å². The number of halogens is 1. The minimum atomic E-state index is -0.946. The number of carbonyl (C=O) groups excluding carboxylic acids is 1. The molecule has 1 aliphatic rings. The number of nitrogens with zero attached hydrogens (tertiary/aromatic N) is 2. The van der Waals surface area contributed by atoms with Gasteiger partial charge >= 0.3 is 5.97 Å². The summed E-state index contributed by atoms with van der Waals surface area (Å²) in [4.78, 5) is 30.6. The van der Waals surface area contributed by atoms with Crippen molar-refractivity contribution in [3.8, 4) is 0 Å². The molecule has 0 spiro atoms. The van der Waals surface area contributed by atoms with Crippen LogP contribution in [0.2, 0.25) is 0 Å². The molecule has 2 aromatic carbocycles. The molecule has 1 aromatic heterocycles. The molecule has 0 saturated heterocycles. The second-order valence-electron chi connectivity index (χ2n) is 6.51. The van der Waals surface area contributed by atoms with Gasteiger partial charge in [0.05, 0.1) is 22.9 Å². The van der Waals surface area contributed by atoms with Crippen molar-refractivity contribution in [2.45, 2.75) is 13.0 Å². The molecular formula is C22H17FN2O3S. The van der Waals surface area contributed by atoms with Crippen molar-refractivity contribution in [2.75, 3.05) is 7.11 Å². The van der Waals surface area contributed by atoms with Crippen LogP contribution in [0.4, 0.5) is 4.39 Å². The number of fused-ring (bicyclic) bond motifs is 1. The average Bonchev–Trinajstić information content (AvgIpc) is 3.02. The topological polar surface area (TPSA) is 60.7 Å². The Morgan fingerprint density at radius 1 is 1.17 bits per heavy atom. The Balaban J connectivity index is 2.02. The van der Waals surface area contributed by atoms with Gasteiger partial charge in [0.25, 0.3) is 5.56 Å². The third-order valence-electron chi connectivity index (χ3n) is 4.72. The van der Waals surface area contributed by atoms with Crippen molar-refractivity contribution in [2.24, 2.45) is 4.99 Å². The summed E-state index contributed by atoms with van der Waals surface area (Å²) in [5.74, 6) is -1.15. The molecule has 1 aliphatic heterocycles. The molecule has 0 saturated carbocycles. The van der Waals surface area contributed by atoms with Gasteiger partial charge in [-0.3, -0.25) is 9.36 Å². The van der Waals surface area contributed by atoms with E-state index >= 15 is 0 Å². The van der Waals surface area contributed by atoms with Crippen molar-refractivity contribution in [3.05, 3.63) is 102 Å². The van der Waals surface area contributed by atoms with Crippen LogP contribution >= 0.6 is 11.3 Å². The SMILES string of the molecule is COC(=O)C1=C(C)N=c2s/c(=C/c3ccccc3)c(=O)n2[C@@H]1c1ccccc1F. The van der Waals surface area contributed by atoms with Crippen LogP contribution in [-0.4, -0.2) is 17.6 Å². The highest BCUT2D eigenvalue weighted by molar-refractivity contribution is 7.07. The molecule has 0 unspecified atom stereocenters. The van der Waals surface area contributed by atoms with Gasteiger partial charge in [0.1, 0.15) is 11.9 Å². The van der Waals surface area contributed by atoms with Gasteiger partial charge in [-0.2, -0.15) is 0 Å². The van der Waals surface area contributed by atoms with Crippen LogP contribution in [0, 0.1) is 5.82 Å². The van der Waals surface area contributed by atoms with E-state index in [-0.39, 0.29) is 16.7 Å². The number of allylic oxidation sites excluding steroid dienone is 1. The molecule has 146 valence electrons. The largest absolute Gasteiger partial charge is 0.466 e. The number of thiazole rings is 1. The normalized spacial score (nSPS) is 16.4. The molecule has 1 atom stereocenters. The van der Waals surface area contributed by atoms with E-state index in [9.17, 15) is 14.0 Å². The number of ether oxygens (including phenoxy) is 1. The zero-order chi connectivity index (χ0) is 20.5. The fraction of sp³-hybridized carbons (Fsp3) is 0.136. The van der Waals surface area contributed by atoms with Crippen molar-refractivity contribution in [3.63, 3.8) is 0 Å². The molecule has 0 aliphatic carbocycles. The van der Waals surface area contributed by atoms with E-state index in [1.54, 1.807) is 31.2 Å². The Bertz CT molecular complexity index is 1310. The van der Waals surface area contributed by atoms with Crippen LogP contribution in [0.3, 0.4) is 0 Å². The number of esters is 1. The average molecular weight is 408 g/mol. The van der Waals surface area contributed by atoms with Crippen LogP contribution in [-0.2, 0) is 9.53 Å². The first-order valence-corrected chi connectivity index (χ1v) is 9.73. The first-order valence-electron chi connectivity index (χ1n) is 8.91. The number of hydrogen-bond acceptors (Lipinski definition) is 5. The van der Waals surface area contributed by atoms with Crippen LogP contribution in [0.1, 0.15) is 24.1 Å². The van der Waals surface area contributed by atoms with E-state index < -0.39 is 17.8 Å². The van der Waals surface area contributed by atoms with Crippen LogP contribution in [0.5, 0.6) is 0 Å². The van der Waals surface area contributed by atoms with E-state index in [1.807, 2.05) is 30.3 Å². The smallest absolute Gasteiger partial charge is 0.338 e. The number of rotatable bonds is 3. The van der Waals surface area contributed by atoms with Crippen molar-refractivity contribution in [1.82, 2.24) is 4.57 Å². The van der Waals surface area contributed by atoms with Gasteiger partial charge < -0.3 is 4.74 Å². The lowest BCUT2D eigenvalue weighted by Crippen LogP contribution is -2.40. The van der Waals surface area contributed by atoms with Crippen LogP contribution in [0.15, 0.2) is 75.7 Å². The highest BCUT2D eigenvalue weighted by atomic mass is 32.1. The van der Waals surface area contributed by atoms with Gasteiger partial charge in [0.15, 0.2) is 4.80 Å². The number of benzene rings is 2. The number of methoxy groups -OCH3 is 1. The van der Waals surface area contributed by atoms with Gasteiger partial charge in [-0.1, -0.05) is 59.9 Å². The number of hydrogen-bond donors (Lipinski definition) is 0. The van der Waals surface area contributed by atoms with Crippen LogP contribution in [0.25, 0.3) is 6.08 Å². The van der Waals surface area contributed by atoms with E-state index in [2.05, 4.69) is 4.99 Å². The molecule has 29 heavy (non-hydrogen) atoms. The first-order chi connectivity index (χ1) is 14.0. The van der Waals surface area contributed by atoms with Gasteiger partial charge in [-0.25, -0.2) is 14.2 Å². The van der Waals surface area contributed by atoms with E-state index in [0.29, 0.717) is 15.0 Å². The second kappa shape index (κ2) is 7.60. The zero-order valence-corrected chi connectivity index (χ0v) is 16.6. The standard InChI is InChI=1S/C22H17FN2O3S/c1-13-18(21(27)28-2)19(15-10-6-7-11-16(15)23)25-20(26)17(29-22(25)24-13)12-14-8-4-3-5-9-14/h3-12,19H,1-2H3/b17-12+/t19-/m1/s1. The molecule has 7 heteroatoms. The maximum atomic E-state index is 14.7. The maximum Gasteiger partial charge on any atom is 0.338 e. The summed E-state index contributed by atoms with van der Waals surface area (Å²) >= 11 is 1.21. The summed E-state index contributed by atoms with van der Waals surface area (Å²) < 4.78 is 21.4. The molecule has 0 radical (unpaired) electrons. The molecule has 4 rings (SSSR count). The Morgan fingerprint density at radius 3 is 2.55 bits per heavy atom. The molecule has 0 bridgehead atoms. The Hall–Kier alpha value is -3.32. The molecule has 2 heterocycles. The van der Waals surface area contributed by atoms with E-state index in [0.717, 1.165) is 5.56 Å². The van der Waals surface area contributed by atoms with Crippen molar-refractivity contribution >= 4 is 23.4 Å². The van der Waals surface area contributed by atoms with Gasteiger partial charge in [0.2, 0.25) is 0 Å². The van der Waals surface area contributed by atoms with Crippen molar-refractivity contribution < 1.29 is 13.9 Å². The lowest BCUT2D eigenvalue weighted by atomic mass is 9.95. The third kappa shape index (κ3) is 3.34. The summed E-state index contributed by atoms with van der Waals surface area (Å²) in [6.07, 6.45) is 1.76. The summed E-state index contributed by atoms with van der Waals surface area (Å²) in [5, 5.41) is 0. The van der Waals surface area contributed by atoms with Crippen LogP contribution < -0.4 is 14.9 Å². The summed E-state index contributed by atoms with van der Waals surface area (Å²) in [6.45, 7) is 1.66. The zero-order valence-electron chi connectivity index (χ0n) is 15.8. The first kappa shape index (κ1) is 19.0. The predicted molar refractivity (Wildman–Crippen MR) is 109 cm³/mol. The summed E-state index contributed by atoms with van der Waals surface area (Å²) in [6, 6.07) is 14.6. The second-order valence-corrected chi connectivity index (χ2v) is 7.51. The molecule has 0 amide bonds. The third-order valence-corrected chi connectivity index (χ3v) is 5.71. The van der Waals surface area contributed by atoms with Gasteiger partial charge in [0, 0.05) is 5.56 Å². The number of carbonyl (C=O) groups is 1. The van der Waals surface area contributed by atoms with E-state index in [1.165, 1.54) is 29.1 Å². The van der Waals surface area contributed by atoms with Gasteiger partial charge in [-0.05, 0) is 24.6 Å². The van der Waals surface area contributed by atoms with E-state index in [4.69, 9.17) is 4.74 Å². The van der Waals surface area contributed by atoms with Gasteiger partial charge in [-0.15, -0.1) is 0 Å². The Morgan fingerprint density at radius 2 is 1.86 bits per heavy atom. The maximum absolute atomic E-state index is 14.7. The monoisotopic (exact) mass is 408 g/mol. The predicted octanol–water partition coefficient (Wildman–Crippen LogP) is 2.55. The fourth-order valence-electron chi connectivity index (χ4n) is 3.38.